The van der Waals surface area contributed by atoms with Crippen LogP contribution in [0.3, 0.4) is 0 Å². The van der Waals surface area contributed by atoms with Gasteiger partial charge in [0.1, 0.15) is 5.82 Å². The summed E-state index contributed by atoms with van der Waals surface area (Å²) in [5, 5.41) is 3.18. The summed E-state index contributed by atoms with van der Waals surface area (Å²) in [5.74, 6) is -0.489. The molecule has 0 saturated heterocycles. The van der Waals surface area contributed by atoms with Crippen molar-refractivity contribution in [1.82, 2.24) is 5.32 Å². The minimum absolute atomic E-state index is 0.00865. The number of ether oxygens (including phenoxy) is 1. The Morgan fingerprint density at radius 1 is 1.18 bits per heavy atom. The maximum atomic E-state index is 13.0. The summed E-state index contributed by atoms with van der Waals surface area (Å²) in [5.41, 5.74) is 0.949. The number of rotatable bonds is 11. The zero-order chi connectivity index (χ0) is 16.2. The number of nitrogens with one attached hydrogen (secondary N) is 1. The molecule has 0 aliphatic rings. The maximum Gasteiger partial charge on any atom is 0.307 e. The minimum atomic E-state index is -0.275. The van der Waals surface area contributed by atoms with Gasteiger partial charge in [0.25, 0.3) is 0 Å². The number of halogens is 1. The highest BCUT2D eigenvalue weighted by atomic mass is 19.1. The number of benzene rings is 1. The molecule has 124 valence electrons. The van der Waals surface area contributed by atoms with Crippen LogP contribution in [0.1, 0.15) is 31.7 Å². The molecule has 1 aromatic carbocycles. The fourth-order valence-corrected chi connectivity index (χ4v) is 1.92. The quantitative estimate of drug-likeness (QED) is 0.294. The molecule has 0 radical (unpaired) electrons. The molecule has 22 heavy (non-hydrogen) atoms. The van der Waals surface area contributed by atoms with Crippen molar-refractivity contribution in [2.24, 2.45) is 0 Å². The van der Waals surface area contributed by atoms with E-state index < -0.39 is 0 Å². The van der Waals surface area contributed by atoms with Gasteiger partial charge in [-0.25, -0.2) is 14.2 Å². The van der Waals surface area contributed by atoms with Crippen LogP contribution in [0.15, 0.2) is 24.3 Å². The third-order valence-electron chi connectivity index (χ3n) is 3.01. The van der Waals surface area contributed by atoms with Crippen molar-refractivity contribution in [3.8, 4) is 0 Å². The predicted molar refractivity (Wildman–Crippen MR) is 80.8 cm³/mol. The van der Waals surface area contributed by atoms with Crippen molar-refractivity contribution < 1.29 is 23.7 Å². The molecule has 5 nitrogen and oxygen atoms in total. The molecule has 0 aliphatic carbocycles. The predicted octanol–water partition coefficient (Wildman–Crippen LogP) is 2.42. The first-order valence-corrected chi connectivity index (χ1v) is 7.53. The molecular weight excluding hydrogens is 289 g/mol. The summed E-state index contributed by atoms with van der Waals surface area (Å²) in [6, 6.07) is 6.29. The lowest BCUT2D eigenvalue weighted by molar-refractivity contribution is -0.293. The average Bonchev–Trinajstić information content (AvgIpc) is 2.51. The lowest BCUT2D eigenvalue weighted by Gasteiger charge is -2.17. The van der Waals surface area contributed by atoms with E-state index in [1.807, 2.05) is 6.92 Å². The molecule has 1 unspecified atom stereocenters. The Balaban J connectivity index is 2.44. The van der Waals surface area contributed by atoms with Gasteiger partial charge in [0.2, 0.25) is 0 Å². The summed E-state index contributed by atoms with van der Waals surface area (Å²) in [6.07, 6.45) is 0.316. The molecular formula is C16H24FNO4. The van der Waals surface area contributed by atoms with E-state index in [1.165, 1.54) is 12.1 Å². The normalized spacial score (nSPS) is 12.1. The fraction of sp³-hybridized carbons (Fsp3) is 0.562. The molecule has 0 aliphatic heterocycles. The number of hydrogen-bond acceptors (Lipinski definition) is 5. The van der Waals surface area contributed by atoms with Gasteiger partial charge in [-0.05, 0) is 31.5 Å². The van der Waals surface area contributed by atoms with Gasteiger partial charge in [-0.15, -0.1) is 0 Å². The summed E-state index contributed by atoms with van der Waals surface area (Å²) in [6.45, 7) is 5.94. The van der Waals surface area contributed by atoms with Crippen molar-refractivity contribution in [2.75, 3.05) is 32.9 Å². The lowest BCUT2D eigenvalue weighted by Crippen LogP contribution is -2.27. The Kier molecular flexibility index (Phi) is 9.37. The zero-order valence-electron chi connectivity index (χ0n) is 13.1. The molecule has 1 atom stereocenters. The van der Waals surface area contributed by atoms with Gasteiger partial charge in [0.15, 0.2) is 0 Å². The second kappa shape index (κ2) is 11.1. The second-order valence-corrected chi connectivity index (χ2v) is 4.70. The van der Waals surface area contributed by atoms with Crippen LogP contribution in [-0.2, 0) is 19.3 Å². The number of esters is 1. The van der Waals surface area contributed by atoms with Crippen LogP contribution >= 0.6 is 0 Å². The topological polar surface area (TPSA) is 56.8 Å². The van der Waals surface area contributed by atoms with Gasteiger partial charge in [0, 0.05) is 19.0 Å². The standard InChI is InChI=1S/C16H24FNO4/c1-3-20-16(19)9-10-18-11-14(12-22-21-4-2)13-5-7-15(17)8-6-13/h5-8,14,18H,3-4,9-12H2,1-2H3. The molecule has 1 rings (SSSR count). The molecule has 0 heterocycles. The van der Waals surface area contributed by atoms with Crippen LogP contribution in [0.25, 0.3) is 0 Å². The first-order valence-electron chi connectivity index (χ1n) is 7.53. The van der Waals surface area contributed by atoms with Crippen molar-refractivity contribution in [1.29, 1.82) is 0 Å². The van der Waals surface area contributed by atoms with Crippen molar-refractivity contribution >= 4 is 5.97 Å². The number of carbonyl (C=O) groups is 1. The van der Waals surface area contributed by atoms with Gasteiger partial charge in [-0.3, -0.25) is 4.79 Å². The van der Waals surface area contributed by atoms with Crippen LogP contribution in [0, 0.1) is 5.82 Å². The first-order chi connectivity index (χ1) is 10.7. The van der Waals surface area contributed by atoms with E-state index in [0.29, 0.717) is 39.3 Å². The molecule has 1 aromatic rings. The number of carbonyl (C=O) groups excluding carboxylic acids is 1. The Morgan fingerprint density at radius 2 is 1.91 bits per heavy atom. The maximum absolute atomic E-state index is 13.0. The highest BCUT2D eigenvalue weighted by Crippen LogP contribution is 2.16. The highest BCUT2D eigenvalue weighted by molar-refractivity contribution is 5.69. The van der Waals surface area contributed by atoms with Crippen LogP contribution in [0.4, 0.5) is 4.39 Å². The fourth-order valence-electron chi connectivity index (χ4n) is 1.92. The van der Waals surface area contributed by atoms with Gasteiger partial charge >= 0.3 is 5.97 Å². The van der Waals surface area contributed by atoms with Gasteiger partial charge < -0.3 is 10.1 Å². The first kappa shape index (κ1) is 18.5. The summed E-state index contributed by atoms with van der Waals surface area (Å²) >= 11 is 0. The summed E-state index contributed by atoms with van der Waals surface area (Å²) in [4.78, 5) is 21.3. The smallest absolute Gasteiger partial charge is 0.307 e. The molecule has 0 spiro atoms. The highest BCUT2D eigenvalue weighted by Gasteiger charge is 2.13. The largest absolute Gasteiger partial charge is 0.466 e. The Hall–Kier alpha value is -1.50. The lowest BCUT2D eigenvalue weighted by atomic mass is 10.00. The molecule has 0 bridgehead atoms. The van der Waals surface area contributed by atoms with Crippen LogP contribution < -0.4 is 5.32 Å². The third-order valence-corrected chi connectivity index (χ3v) is 3.01. The van der Waals surface area contributed by atoms with E-state index in [-0.39, 0.29) is 17.7 Å². The SMILES string of the molecule is CCOOCC(CNCCC(=O)OCC)c1ccc(F)cc1. The van der Waals surface area contributed by atoms with Gasteiger partial charge in [-0.1, -0.05) is 12.1 Å². The number of hydrogen-bond donors (Lipinski definition) is 1. The molecule has 0 aromatic heterocycles. The molecule has 1 N–H and O–H groups in total. The van der Waals surface area contributed by atoms with Gasteiger partial charge in [0.05, 0.1) is 26.2 Å². The van der Waals surface area contributed by atoms with Crippen molar-refractivity contribution in [2.45, 2.75) is 26.2 Å². The van der Waals surface area contributed by atoms with Crippen LogP contribution in [0.5, 0.6) is 0 Å². The van der Waals surface area contributed by atoms with E-state index in [4.69, 9.17) is 14.5 Å². The zero-order valence-corrected chi connectivity index (χ0v) is 13.1. The Labute approximate surface area is 130 Å². The van der Waals surface area contributed by atoms with E-state index in [9.17, 15) is 9.18 Å². The van der Waals surface area contributed by atoms with E-state index in [0.717, 1.165) is 5.56 Å². The average molecular weight is 313 g/mol. The second-order valence-electron chi connectivity index (χ2n) is 4.70. The molecule has 0 fully saturated rings. The Bertz CT molecular complexity index is 425. The van der Waals surface area contributed by atoms with Crippen molar-refractivity contribution in [3.05, 3.63) is 35.6 Å². The molecule has 0 saturated carbocycles. The summed E-state index contributed by atoms with van der Waals surface area (Å²) < 4.78 is 17.9. The van der Waals surface area contributed by atoms with Crippen LogP contribution in [0.2, 0.25) is 0 Å². The molecule has 0 amide bonds. The van der Waals surface area contributed by atoms with E-state index in [2.05, 4.69) is 5.32 Å². The van der Waals surface area contributed by atoms with E-state index >= 15 is 0 Å². The third kappa shape index (κ3) is 7.49. The Morgan fingerprint density at radius 3 is 2.55 bits per heavy atom. The summed E-state index contributed by atoms with van der Waals surface area (Å²) in [7, 11) is 0. The van der Waals surface area contributed by atoms with Gasteiger partial charge in [-0.2, -0.15) is 0 Å². The monoisotopic (exact) mass is 313 g/mol. The van der Waals surface area contributed by atoms with Crippen molar-refractivity contribution in [3.63, 3.8) is 0 Å². The molecule has 6 heteroatoms. The van der Waals surface area contributed by atoms with E-state index in [1.54, 1.807) is 19.1 Å². The minimum Gasteiger partial charge on any atom is -0.466 e. The van der Waals surface area contributed by atoms with Crippen LogP contribution in [-0.4, -0.2) is 38.9 Å².